The summed E-state index contributed by atoms with van der Waals surface area (Å²) < 4.78 is 0. The van der Waals surface area contributed by atoms with E-state index in [9.17, 15) is 0 Å². The summed E-state index contributed by atoms with van der Waals surface area (Å²) in [4.78, 5) is 22.8. The number of allylic oxidation sites excluding steroid dienone is 4. The van der Waals surface area contributed by atoms with Crippen molar-refractivity contribution >= 4 is 52.4 Å². The Hall–Kier alpha value is -7.00. The van der Waals surface area contributed by atoms with Crippen molar-refractivity contribution in [1.82, 2.24) is 19.9 Å². The van der Waals surface area contributed by atoms with Crippen LogP contribution in [0.25, 0.3) is 66.6 Å². The summed E-state index contributed by atoms with van der Waals surface area (Å²) in [5.41, 5.74) is 34.7. The maximum Gasteiger partial charge on any atom is 2.00 e. The van der Waals surface area contributed by atoms with E-state index in [4.69, 9.17) is 19.9 Å². The quantitative estimate of drug-likeness (QED) is 0.107. The minimum atomic E-state index is -1.80. The zero-order chi connectivity index (χ0) is 60.7. The largest absolute Gasteiger partial charge is 2.00 e. The van der Waals surface area contributed by atoms with Crippen LogP contribution in [0.2, 0.25) is 16.6 Å². The summed E-state index contributed by atoms with van der Waals surface area (Å²) in [6, 6.07) is 37.0. The van der Waals surface area contributed by atoms with E-state index in [-0.39, 0.29) is 30.3 Å². The monoisotopic (exact) mass is 1180 g/mol. The molecule has 2 aliphatic heterocycles. The fourth-order valence-corrected chi connectivity index (χ4v) is 18.5. The van der Waals surface area contributed by atoms with Gasteiger partial charge >= 0.3 is 19.5 Å². The molecule has 4 nitrogen and oxygen atoms in total. The first kappa shape index (κ1) is 64.0. The average Bonchev–Trinajstić information content (AvgIpc) is 1.74. The Bertz CT molecular complexity index is 3960. The molecule has 0 saturated carbocycles. The molecule has 6 heteroatoms. The Kier molecular flexibility index (Phi) is 19.2. The van der Waals surface area contributed by atoms with Crippen LogP contribution in [-0.2, 0) is 43.1 Å². The number of hydrogen-bond donors (Lipinski definition) is 0. The molecule has 85 heavy (non-hydrogen) atoms. The van der Waals surface area contributed by atoms with Gasteiger partial charge in [0.15, 0.2) is 0 Å². The molecule has 5 heterocycles. The molecule has 0 saturated heterocycles. The van der Waals surface area contributed by atoms with E-state index >= 15 is 0 Å². The van der Waals surface area contributed by atoms with Crippen LogP contribution in [0, 0.1) is 49.0 Å². The van der Waals surface area contributed by atoms with E-state index in [1.807, 2.05) is 0 Å². The van der Waals surface area contributed by atoms with Gasteiger partial charge in [-0.2, -0.15) is 0 Å². The Morgan fingerprint density at radius 3 is 1.09 bits per heavy atom. The van der Waals surface area contributed by atoms with Crippen LogP contribution in [0.1, 0.15) is 221 Å². The van der Waals surface area contributed by atoms with E-state index < -0.39 is 8.07 Å². The van der Waals surface area contributed by atoms with Crippen LogP contribution < -0.4 is 9.97 Å². The summed E-state index contributed by atoms with van der Waals surface area (Å²) in [5, 5.41) is 0. The molecule has 430 valence electrons. The van der Waals surface area contributed by atoms with E-state index in [2.05, 4.69) is 277 Å². The van der Waals surface area contributed by atoms with Gasteiger partial charge in [-0.3, -0.25) is 0 Å². The number of aromatic nitrogens is 4. The third kappa shape index (κ3) is 12.7. The van der Waals surface area contributed by atoms with E-state index in [0.717, 1.165) is 121 Å². The number of nitrogens with zero attached hydrogens (tertiary/aromatic N) is 4. The van der Waals surface area contributed by atoms with Crippen molar-refractivity contribution in [3.05, 3.63) is 187 Å². The van der Waals surface area contributed by atoms with Gasteiger partial charge in [0.1, 0.15) is 8.07 Å². The Morgan fingerprint density at radius 1 is 0.435 bits per heavy atom. The van der Waals surface area contributed by atoms with Crippen molar-refractivity contribution in [2.24, 2.45) is 0 Å². The summed E-state index contributed by atoms with van der Waals surface area (Å²) in [5.74, 6) is 17.2. The first-order valence-electron chi connectivity index (χ1n) is 31.0. The minimum Gasteiger partial charge on any atom is -0.657 e. The normalized spacial score (nSPS) is 12.7. The molecule has 3 aromatic heterocycles. The van der Waals surface area contributed by atoms with Crippen LogP contribution >= 0.6 is 0 Å². The molecule has 0 amide bonds. The zero-order valence-corrected chi connectivity index (χ0v) is 58.8. The van der Waals surface area contributed by atoms with Gasteiger partial charge in [0.05, 0.1) is 22.8 Å². The SMILES string of the molecule is CCC1=C(C)c2nc1cc1[n-]c(c(C)c1CC)c(-c1ccc(C#Cc3ccc(C#Cc4ccc(C#C[Si](C(C)C)(C(C)C)C(C)C)cc4)cc3)cc1)c1[n-]c(cc3nc(c2-c2cc(C(C)(C)C)cc(C(C)(C)C)c2)C(C)=C3CC)c(CC)c1C.[Zn+2]. The number of hydrogen-bond acceptors (Lipinski definition) is 2. The second-order valence-corrected chi connectivity index (χ2v) is 32.0. The summed E-state index contributed by atoms with van der Waals surface area (Å²) in [6.07, 6.45) is 3.33. The third-order valence-corrected chi connectivity index (χ3v) is 24.5. The van der Waals surface area contributed by atoms with Gasteiger partial charge < -0.3 is 9.97 Å². The molecule has 0 spiro atoms. The number of aryl methyl sites for hydroxylation is 4. The predicted molar refractivity (Wildman–Crippen MR) is 364 cm³/mol. The van der Waals surface area contributed by atoms with Gasteiger partial charge in [-0.25, -0.2) is 9.97 Å². The predicted octanol–water partition coefficient (Wildman–Crippen LogP) is 20.3. The van der Waals surface area contributed by atoms with Crippen molar-refractivity contribution in [3.8, 4) is 57.4 Å². The van der Waals surface area contributed by atoms with E-state index in [1.165, 1.54) is 55.7 Å². The maximum absolute atomic E-state index is 5.72. The van der Waals surface area contributed by atoms with Crippen LogP contribution in [0.4, 0.5) is 0 Å². The standard InChI is InChI=1S/C79H88N4Si.Zn/c1-21-64-51(11)74-72(60-39-37-58(38-40-60)32-31-56-27-25-55(26-28-56)29-30-57-33-35-59(36-34-57)41-42-84(48(5)6,49(7)8)50(9)10)75-52(12)65(22-2)69(81-75)47-71-67(24-4)54(14)77(83-71)73(76-53(13)66(23-3)70(82-76)46-68(64)80-74)61-43-62(78(15,16)17)45-63(44-61)79(18,19)20;/h25-28,33-40,43-50H,21-24H2,1-20H3;/q-2;+2. The topological polar surface area (TPSA) is 54.0 Å². The van der Waals surface area contributed by atoms with Crippen molar-refractivity contribution in [2.45, 2.75) is 192 Å². The van der Waals surface area contributed by atoms with Gasteiger partial charge in [0.25, 0.3) is 0 Å². The van der Waals surface area contributed by atoms with E-state index in [1.54, 1.807) is 0 Å². The van der Waals surface area contributed by atoms with Crippen LogP contribution in [0.5, 0.6) is 0 Å². The molecule has 0 radical (unpaired) electrons. The second kappa shape index (κ2) is 25.5. The molecular formula is C79H88N4SiZn. The number of fused-ring (bicyclic) bond motifs is 8. The second-order valence-electron chi connectivity index (χ2n) is 26.4. The molecule has 0 fully saturated rings. The molecule has 8 bridgehead atoms. The third-order valence-electron chi connectivity index (χ3n) is 18.2. The molecule has 9 rings (SSSR count). The Labute approximate surface area is 524 Å². The minimum absolute atomic E-state index is 0. The van der Waals surface area contributed by atoms with Crippen LogP contribution in [0.15, 0.2) is 103 Å². The van der Waals surface area contributed by atoms with Crippen molar-refractivity contribution < 1.29 is 19.5 Å². The smallest absolute Gasteiger partial charge is 0.657 e. The number of benzene rings is 4. The molecule has 0 N–H and O–H groups in total. The molecular weight excluding hydrogens is 1100 g/mol. The molecule has 7 aromatic rings. The number of rotatable bonds is 9. The fourth-order valence-electron chi connectivity index (χ4n) is 13.2. The van der Waals surface area contributed by atoms with E-state index in [0.29, 0.717) is 16.6 Å². The summed E-state index contributed by atoms with van der Waals surface area (Å²) >= 11 is 0. The van der Waals surface area contributed by atoms with Crippen molar-refractivity contribution in [1.29, 1.82) is 0 Å². The zero-order valence-electron chi connectivity index (χ0n) is 54.9. The Morgan fingerprint density at radius 2 is 0.776 bits per heavy atom. The van der Waals surface area contributed by atoms with Crippen LogP contribution in [0.3, 0.4) is 0 Å². The summed E-state index contributed by atoms with van der Waals surface area (Å²) in [6.45, 7) is 46.0. The fraction of sp³-hybridized carbons (Fsp3) is 0.367. The Balaban J connectivity index is 0.00000940. The van der Waals surface area contributed by atoms with Crippen molar-refractivity contribution in [2.75, 3.05) is 0 Å². The first-order chi connectivity index (χ1) is 39.8. The maximum atomic E-state index is 5.72. The molecule has 0 aliphatic carbocycles. The van der Waals surface area contributed by atoms with Crippen LogP contribution in [-0.4, -0.2) is 18.0 Å². The molecule has 4 aromatic carbocycles. The molecule has 2 aliphatic rings. The molecule has 0 unspecified atom stereocenters. The average molecular weight is 1190 g/mol. The molecule has 0 atom stereocenters. The van der Waals surface area contributed by atoms with Gasteiger partial charge in [0.2, 0.25) is 0 Å². The summed E-state index contributed by atoms with van der Waals surface area (Å²) in [7, 11) is -1.80. The van der Waals surface area contributed by atoms with Gasteiger partial charge in [-0.15, -0.1) is 27.6 Å². The van der Waals surface area contributed by atoms with Gasteiger partial charge in [-0.05, 0) is 192 Å². The van der Waals surface area contributed by atoms with Gasteiger partial charge in [0, 0.05) is 33.4 Å². The van der Waals surface area contributed by atoms with Gasteiger partial charge in [-0.1, -0.05) is 205 Å². The first-order valence-corrected chi connectivity index (χ1v) is 33.2. The van der Waals surface area contributed by atoms with Crippen molar-refractivity contribution in [3.63, 3.8) is 0 Å².